The Hall–Kier alpha value is -0.820. The van der Waals surface area contributed by atoms with Crippen molar-refractivity contribution in [3.05, 3.63) is 34.9 Å². The van der Waals surface area contributed by atoms with Crippen molar-refractivity contribution in [2.45, 2.75) is 47.0 Å². The SMILES string of the molecule is CCNCCCc1ccc(CC(C)C)cc1C. The second kappa shape index (κ2) is 7.50. The molecule has 1 N–H and O–H groups in total. The highest BCUT2D eigenvalue weighted by atomic mass is 14.8. The molecule has 0 spiro atoms. The van der Waals surface area contributed by atoms with E-state index in [9.17, 15) is 0 Å². The van der Waals surface area contributed by atoms with Crippen LogP contribution in [0.2, 0.25) is 0 Å². The average molecular weight is 233 g/mol. The van der Waals surface area contributed by atoms with Crippen LogP contribution in [0.3, 0.4) is 0 Å². The second-order valence-electron chi connectivity index (χ2n) is 5.32. The predicted molar refractivity (Wildman–Crippen MR) is 76.6 cm³/mol. The van der Waals surface area contributed by atoms with Gasteiger partial charge in [-0.25, -0.2) is 0 Å². The Balaban J connectivity index is 2.51. The first kappa shape index (κ1) is 14.2. The van der Waals surface area contributed by atoms with Crippen LogP contribution < -0.4 is 5.32 Å². The monoisotopic (exact) mass is 233 g/mol. The fourth-order valence-corrected chi connectivity index (χ4v) is 2.22. The van der Waals surface area contributed by atoms with Gasteiger partial charge in [0.25, 0.3) is 0 Å². The van der Waals surface area contributed by atoms with Crippen molar-refractivity contribution in [3.63, 3.8) is 0 Å². The van der Waals surface area contributed by atoms with Crippen LogP contribution in [0.15, 0.2) is 18.2 Å². The lowest BCUT2D eigenvalue weighted by Gasteiger charge is -2.10. The summed E-state index contributed by atoms with van der Waals surface area (Å²) in [6.07, 6.45) is 3.62. The summed E-state index contributed by atoms with van der Waals surface area (Å²) in [5, 5.41) is 3.38. The molecule has 1 nitrogen and oxygen atoms in total. The van der Waals surface area contributed by atoms with Gasteiger partial charge in [0.15, 0.2) is 0 Å². The highest BCUT2D eigenvalue weighted by Gasteiger charge is 2.02. The van der Waals surface area contributed by atoms with E-state index in [-0.39, 0.29) is 0 Å². The van der Waals surface area contributed by atoms with E-state index in [1.54, 1.807) is 0 Å². The Kier molecular flexibility index (Phi) is 6.28. The lowest BCUT2D eigenvalue weighted by molar-refractivity contribution is 0.646. The number of nitrogens with one attached hydrogen (secondary N) is 1. The van der Waals surface area contributed by atoms with E-state index < -0.39 is 0 Å². The average Bonchev–Trinajstić information content (AvgIpc) is 2.26. The summed E-state index contributed by atoms with van der Waals surface area (Å²) in [5.74, 6) is 0.744. The van der Waals surface area contributed by atoms with Crippen molar-refractivity contribution in [1.29, 1.82) is 0 Å². The van der Waals surface area contributed by atoms with Gasteiger partial charge in [-0.2, -0.15) is 0 Å². The van der Waals surface area contributed by atoms with E-state index in [2.05, 4.69) is 51.2 Å². The quantitative estimate of drug-likeness (QED) is 0.708. The van der Waals surface area contributed by atoms with Crippen LogP contribution in [0.5, 0.6) is 0 Å². The van der Waals surface area contributed by atoms with E-state index in [1.165, 1.54) is 36.0 Å². The maximum Gasteiger partial charge on any atom is -0.00459 e. The summed E-state index contributed by atoms with van der Waals surface area (Å²) < 4.78 is 0. The van der Waals surface area contributed by atoms with Crippen molar-refractivity contribution in [1.82, 2.24) is 5.32 Å². The van der Waals surface area contributed by atoms with Crippen LogP contribution >= 0.6 is 0 Å². The molecule has 1 heteroatoms. The molecular formula is C16H27N. The number of aryl methyl sites for hydroxylation is 2. The van der Waals surface area contributed by atoms with Gasteiger partial charge in [0.1, 0.15) is 0 Å². The summed E-state index contributed by atoms with van der Waals surface area (Å²) in [6, 6.07) is 6.98. The molecule has 0 bridgehead atoms. The first-order chi connectivity index (χ1) is 8.13. The molecule has 0 aliphatic carbocycles. The van der Waals surface area contributed by atoms with E-state index in [4.69, 9.17) is 0 Å². The molecule has 0 saturated carbocycles. The summed E-state index contributed by atoms with van der Waals surface area (Å²) >= 11 is 0. The number of rotatable bonds is 7. The first-order valence-electron chi connectivity index (χ1n) is 6.92. The molecule has 0 heterocycles. The molecule has 0 aliphatic heterocycles. The number of hydrogen-bond acceptors (Lipinski definition) is 1. The molecule has 0 aromatic heterocycles. The minimum absolute atomic E-state index is 0.744. The van der Waals surface area contributed by atoms with Crippen LogP contribution in [-0.4, -0.2) is 13.1 Å². The van der Waals surface area contributed by atoms with Gasteiger partial charge in [0, 0.05) is 0 Å². The minimum atomic E-state index is 0.744. The molecule has 1 aromatic rings. The van der Waals surface area contributed by atoms with Crippen molar-refractivity contribution >= 4 is 0 Å². The minimum Gasteiger partial charge on any atom is -0.317 e. The molecule has 0 aliphatic rings. The van der Waals surface area contributed by atoms with Crippen molar-refractivity contribution in [2.75, 3.05) is 13.1 Å². The Morgan fingerprint density at radius 2 is 2.00 bits per heavy atom. The molecular weight excluding hydrogens is 206 g/mol. The number of hydrogen-bond donors (Lipinski definition) is 1. The first-order valence-corrected chi connectivity index (χ1v) is 6.92. The predicted octanol–water partition coefficient (Wildman–Crippen LogP) is 3.74. The Labute approximate surface area is 107 Å². The Bertz CT molecular complexity index is 328. The van der Waals surface area contributed by atoms with Crippen LogP contribution in [-0.2, 0) is 12.8 Å². The van der Waals surface area contributed by atoms with Gasteiger partial charge < -0.3 is 5.32 Å². The van der Waals surface area contributed by atoms with Crippen molar-refractivity contribution < 1.29 is 0 Å². The van der Waals surface area contributed by atoms with Gasteiger partial charge in [0.05, 0.1) is 0 Å². The summed E-state index contributed by atoms with van der Waals surface area (Å²) in [5.41, 5.74) is 4.45. The van der Waals surface area contributed by atoms with Gasteiger partial charge in [0.2, 0.25) is 0 Å². The maximum absolute atomic E-state index is 3.38. The second-order valence-corrected chi connectivity index (χ2v) is 5.32. The molecule has 96 valence electrons. The smallest absolute Gasteiger partial charge is 0.00459 e. The van der Waals surface area contributed by atoms with E-state index >= 15 is 0 Å². The zero-order valence-electron chi connectivity index (χ0n) is 11.8. The molecule has 0 amide bonds. The number of benzene rings is 1. The zero-order valence-corrected chi connectivity index (χ0v) is 11.8. The topological polar surface area (TPSA) is 12.0 Å². The highest BCUT2D eigenvalue weighted by Crippen LogP contribution is 2.15. The third-order valence-electron chi connectivity index (χ3n) is 3.10. The third-order valence-corrected chi connectivity index (χ3v) is 3.10. The molecule has 17 heavy (non-hydrogen) atoms. The summed E-state index contributed by atoms with van der Waals surface area (Å²) in [6.45, 7) is 11.2. The van der Waals surface area contributed by atoms with Crippen LogP contribution in [0, 0.1) is 12.8 Å². The van der Waals surface area contributed by atoms with E-state index in [0.29, 0.717) is 0 Å². The summed E-state index contributed by atoms with van der Waals surface area (Å²) in [4.78, 5) is 0. The van der Waals surface area contributed by atoms with Crippen molar-refractivity contribution in [3.8, 4) is 0 Å². The fraction of sp³-hybridized carbons (Fsp3) is 0.625. The molecule has 1 rings (SSSR count). The van der Waals surface area contributed by atoms with Crippen LogP contribution in [0.4, 0.5) is 0 Å². The standard InChI is InChI=1S/C16H27N/c1-5-17-10-6-7-16-9-8-15(11-13(2)3)12-14(16)4/h8-9,12-13,17H,5-7,10-11H2,1-4H3. The molecule has 0 fully saturated rings. The normalized spacial score (nSPS) is 11.1. The Morgan fingerprint density at radius 1 is 1.24 bits per heavy atom. The largest absolute Gasteiger partial charge is 0.317 e. The maximum atomic E-state index is 3.38. The van der Waals surface area contributed by atoms with Gasteiger partial charge in [-0.15, -0.1) is 0 Å². The fourth-order valence-electron chi connectivity index (χ4n) is 2.22. The van der Waals surface area contributed by atoms with Crippen LogP contribution in [0.25, 0.3) is 0 Å². The van der Waals surface area contributed by atoms with E-state index in [1.807, 2.05) is 0 Å². The molecule has 1 aromatic carbocycles. The van der Waals surface area contributed by atoms with E-state index in [0.717, 1.165) is 19.0 Å². The van der Waals surface area contributed by atoms with Gasteiger partial charge in [-0.05, 0) is 61.9 Å². The molecule has 0 atom stereocenters. The van der Waals surface area contributed by atoms with Crippen LogP contribution in [0.1, 0.15) is 43.9 Å². The third kappa shape index (κ3) is 5.36. The Morgan fingerprint density at radius 3 is 2.59 bits per heavy atom. The van der Waals surface area contributed by atoms with Crippen molar-refractivity contribution in [2.24, 2.45) is 5.92 Å². The molecule has 0 saturated heterocycles. The molecule has 0 unspecified atom stereocenters. The van der Waals surface area contributed by atoms with Gasteiger partial charge in [-0.3, -0.25) is 0 Å². The lowest BCUT2D eigenvalue weighted by atomic mass is 9.96. The summed E-state index contributed by atoms with van der Waals surface area (Å²) in [7, 11) is 0. The van der Waals surface area contributed by atoms with Gasteiger partial charge >= 0.3 is 0 Å². The zero-order chi connectivity index (χ0) is 12.7. The van der Waals surface area contributed by atoms with Gasteiger partial charge in [-0.1, -0.05) is 39.0 Å². The molecule has 0 radical (unpaired) electrons. The highest BCUT2D eigenvalue weighted by molar-refractivity contribution is 5.31. The lowest BCUT2D eigenvalue weighted by Crippen LogP contribution is -2.14.